The van der Waals surface area contributed by atoms with Crippen molar-refractivity contribution in [2.24, 2.45) is 0 Å². The van der Waals surface area contributed by atoms with Gasteiger partial charge in [0.15, 0.2) is 5.65 Å². The van der Waals surface area contributed by atoms with Gasteiger partial charge in [0.1, 0.15) is 0 Å². The Kier molecular flexibility index (Phi) is 5.68. The molecular weight excluding hydrogens is 419 g/mol. The van der Waals surface area contributed by atoms with Crippen LogP contribution in [0.2, 0.25) is 5.02 Å². The topological polar surface area (TPSA) is 52.9 Å². The third-order valence-corrected chi connectivity index (χ3v) is 5.22. The van der Waals surface area contributed by atoms with Crippen LogP contribution in [0.1, 0.15) is 21.6 Å². The lowest BCUT2D eigenvalue weighted by Gasteiger charge is -2.34. The first kappa shape index (κ1) is 20.6. The van der Waals surface area contributed by atoms with Gasteiger partial charge in [0.2, 0.25) is 0 Å². The van der Waals surface area contributed by atoms with Gasteiger partial charge in [0, 0.05) is 50.7 Å². The van der Waals surface area contributed by atoms with E-state index in [9.17, 15) is 18.0 Å². The van der Waals surface area contributed by atoms with Crippen LogP contribution in [0.4, 0.5) is 13.2 Å². The highest BCUT2D eigenvalue weighted by Gasteiger charge is 2.32. The fraction of sp³-hybridized carbons (Fsp3) is 0.300. The summed E-state index contributed by atoms with van der Waals surface area (Å²) in [5.41, 5.74) is 3.61. The first-order chi connectivity index (χ1) is 14.3. The van der Waals surface area contributed by atoms with Crippen molar-refractivity contribution in [3.8, 4) is 0 Å². The van der Waals surface area contributed by atoms with Crippen molar-refractivity contribution in [3.05, 3.63) is 70.6 Å². The number of amides is 1. The molecule has 1 aromatic carbocycles. The van der Waals surface area contributed by atoms with Crippen LogP contribution in [0.5, 0.6) is 0 Å². The van der Waals surface area contributed by atoms with Crippen molar-refractivity contribution in [2.45, 2.75) is 12.7 Å². The number of piperazine rings is 1. The summed E-state index contributed by atoms with van der Waals surface area (Å²) in [7, 11) is 0. The van der Waals surface area contributed by atoms with E-state index in [4.69, 9.17) is 11.6 Å². The average molecular weight is 438 g/mol. The molecule has 0 spiro atoms. The lowest BCUT2D eigenvalue weighted by Crippen LogP contribution is -2.53. The van der Waals surface area contributed by atoms with E-state index in [2.05, 4.69) is 15.3 Å². The van der Waals surface area contributed by atoms with Crippen LogP contribution in [-0.4, -0.2) is 51.4 Å². The van der Waals surface area contributed by atoms with Gasteiger partial charge in [0.05, 0.1) is 16.3 Å². The Morgan fingerprint density at radius 1 is 1.10 bits per heavy atom. The van der Waals surface area contributed by atoms with Crippen LogP contribution in [0, 0.1) is 0 Å². The second-order valence-corrected chi connectivity index (χ2v) is 7.51. The van der Waals surface area contributed by atoms with Crippen LogP contribution in [0.25, 0.3) is 5.65 Å². The highest BCUT2D eigenvalue weighted by Crippen LogP contribution is 2.32. The maximum absolute atomic E-state index is 13.0. The molecular formula is C20H19ClF3N5O. The zero-order valence-corrected chi connectivity index (χ0v) is 16.6. The summed E-state index contributed by atoms with van der Waals surface area (Å²) in [5.74, 6) is -0.153. The Morgan fingerprint density at radius 3 is 2.47 bits per heavy atom. The van der Waals surface area contributed by atoms with Crippen molar-refractivity contribution in [1.82, 2.24) is 24.7 Å². The number of nitrogens with one attached hydrogen (secondary N) is 1. The third-order valence-electron chi connectivity index (χ3n) is 4.94. The first-order valence-electron chi connectivity index (χ1n) is 9.37. The number of nitrogens with zero attached hydrogens (tertiary/aromatic N) is 4. The minimum atomic E-state index is -4.47. The fourth-order valence-electron chi connectivity index (χ4n) is 3.38. The van der Waals surface area contributed by atoms with Gasteiger partial charge in [-0.1, -0.05) is 29.8 Å². The number of hydrazine groups is 1. The summed E-state index contributed by atoms with van der Waals surface area (Å²) >= 11 is 6.00. The summed E-state index contributed by atoms with van der Waals surface area (Å²) in [4.78, 5) is 18.7. The average Bonchev–Trinajstić information content (AvgIpc) is 3.12. The summed E-state index contributed by atoms with van der Waals surface area (Å²) in [6, 6.07) is 9.87. The molecule has 1 saturated heterocycles. The predicted molar refractivity (Wildman–Crippen MR) is 106 cm³/mol. The molecule has 0 bridgehead atoms. The van der Waals surface area contributed by atoms with Gasteiger partial charge in [0.25, 0.3) is 5.91 Å². The number of pyridine rings is 1. The molecule has 30 heavy (non-hydrogen) atoms. The Balaban J connectivity index is 1.36. The highest BCUT2D eigenvalue weighted by atomic mass is 35.5. The van der Waals surface area contributed by atoms with Crippen LogP contribution in [0.3, 0.4) is 0 Å². The number of carbonyl (C=O) groups excluding carboxylic acids is 1. The Bertz CT molecular complexity index is 1050. The van der Waals surface area contributed by atoms with Crippen LogP contribution in [-0.2, 0) is 12.7 Å². The molecule has 0 unspecified atom stereocenters. The van der Waals surface area contributed by atoms with E-state index < -0.39 is 11.7 Å². The molecule has 6 nitrogen and oxygen atoms in total. The normalized spacial score (nSPS) is 16.1. The minimum absolute atomic E-state index is 0.0375. The monoisotopic (exact) mass is 437 g/mol. The molecule has 2 aromatic heterocycles. The Morgan fingerprint density at radius 2 is 1.80 bits per heavy atom. The second kappa shape index (κ2) is 8.25. The number of alkyl halides is 3. The van der Waals surface area contributed by atoms with Gasteiger partial charge < -0.3 is 4.40 Å². The van der Waals surface area contributed by atoms with E-state index in [1.165, 1.54) is 4.40 Å². The molecule has 0 radical (unpaired) electrons. The first-order valence-corrected chi connectivity index (χ1v) is 9.75. The van der Waals surface area contributed by atoms with Gasteiger partial charge in [-0.2, -0.15) is 13.2 Å². The molecule has 0 saturated carbocycles. The minimum Gasteiger partial charge on any atom is -0.305 e. The smallest absolute Gasteiger partial charge is 0.305 e. The summed E-state index contributed by atoms with van der Waals surface area (Å²) in [5, 5.41) is 1.83. The number of hydrogen-bond donors (Lipinski definition) is 1. The lowest BCUT2D eigenvalue weighted by atomic mass is 10.2. The predicted octanol–water partition coefficient (Wildman–Crippen LogP) is 3.47. The standard InChI is InChI=1S/C20H19ClF3N5O/c21-17-10-15(20(22,23)24)11-28-13-16(25-18(17)28)12-27-6-8-29(9-7-27)26-19(30)14-4-2-1-3-5-14/h1-5,10-11,13H,6-9,12H2,(H,26,30). The molecule has 1 aliphatic rings. The van der Waals surface area contributed by atoms with Crippen molar-refractivity contribution >= 4 is 23.2 Å². The van der Waals surface area contributed by atoms with E-state index in [1.54, 1.807) is 18.3 Å². The molecule has 0 aliphatic carbocycles. The lowest BCUT2D eigenvalue weighted by molar-refractivity contribution is -0.137. The third kappa shape index (κ3) is 4.58. The number of hydrogen-bond acceptors (Lipinski definition) is 4. The fourth-order valence-corrected chi connectivity index (χ4v) is 3.64. The zero-order valence-electron chi connectivity index (χ0n) is 15.9. The van der Waals surface area contributed by atoms with E-state index in [0.717, 1.165) is 12.3 Å². The molecule has 1 N–H and O–H groups in total. The SMILES string of the molecule is O=C(NN1CCN(Cc2cn3cc(C(F)(F)F)cc(Cl)c3n2)CC1)c1ccccc1. The quantitative estimate of drug-likeness (QED) is 0.679. The van der Waals surface area contributed by atoms with Crippen molar-refractivity contribution < 1.29 is 18.0 Å². The van der Waals surface area contributed by atoms with Gasteiger partial charge in [-0.25, -0.2) is 9.99 Å². The Hall–Kier alpha value is -2.62. The molecule has 10 heteroatoms. The molecule has 0 atom stereocenters. The molecule has 158 valence electrons. The number of benzene rings is 1. The van der Waals surface area contributed by atoms with Crippen molar-refractivity contribution in [2.75, 3.05) is 26.2 Å². The number of halogens is 4. The van der Waals surface area contributed by atoms with Gasteiger partial charge in [-0.05, 0) is 18.2 Å². The van der Waals surface area contributed by atoms with Crippen molar-refractivity contribution in [1.29, 1.82) is 0 Å². The van der Waals surface area contributed by atoms with Gasteiger partial charge in [-0.15, -0.1) is 0 Å². The molecule has 1 aliphatic heterocycles. The zero-order chi connectivity index (χ0) is 21.3. The van der Waals surface area contributed by atoms with E-state index in [0.29, 0.717) is 49.6 Å². The maximum Gasteiger partial charge on any atom is 0.417 e. The van der Waals surface area contributed by atoms with E-state index in [1.807, 2.05) is 23.2 Å². The van der Waals surface area contributed by atoms with Gasteiger partial charge >= 0.3 is 6.18 Å². The van der Waals surface area contributed by atoms with E-state index in [-0.39, 0.29) is 10.9 Å². The Labute approximate surface area is 175 Å². The van der Waals surface area contributed by atoms with Crippen LogP contribution < -0.4 is 5.43 Å². The van der Waals surface area contributed by atoms with Gasteiger partial charge in [-0.3, -0.25) is 15.1 Å². The van der Waals surface area contributed by atoms with E-state index >= 15 is 0 Å². The molecule has 3 heterocycles. The molecule has 4 rings (SSSR count). The number of aromatic nitrogens is 2. The van der Waals surface area contributed by atoms with Crippen molar-refractivity contribution in [3.63, 3.8) is 0 Å². The number of carbonyl (C=O) groups is 1. The molecule has 1 amide bonds. The van der Waals surface area contributed by atoms with Crippen LogP contribution >= 0.6 is 11.6 Å². The molecule has 1 fully saturated rings. The summed E-state index contributed by atoms with van der Waals surface area (Å²) in [6.07, 6.45) is -1.91. The van der Waals surface area contributed by atoms with Crippen LogP contribution in [0.15, 0.2) is 48.8 Å². The summed E-state index contributed by atoms with van der Waals surface area (Å²) in [6.45, 7) is 3.12. The summed E-state index contributed by atoms with van der Waals surface area (Å²) < 4.78 is 40.2. The number of imidazole rings is 1. The number of fused-ring (bicyclic) bond motifs is 1. The largest absolute Gasteiger partial charge is 0.417 e. The number of rotatable bonds is 4. The highest BCUT2D eigenvalue weighted by molar-refractivity contribution is 6.33. The second-order valence-electron chi connectivity index (χ2n) is 7.11. The maximum atomic E-state index is 13.0. The molecule has 3 aromatic rings.